The molecule has 1 heterocycles. The van der Waals surface area contributed by atoms with Gasteiger partial charge in [0.15, 0.2) is 0 Å². The number of hydrogen-bond acceptors (Lipinski definition) is 3. The molecule has 2 atom stereocenters. The normalized spacial score (nSPS) is 21.7. The van der Waals surface area contributed by atoms with Gasteiger partial charge in [0.1, 0.15) is 5.82 Å². The summed E-state index contributed by atoms with van der Waals surface area (Å²) < 4.78 is 13.6. The van der Waals surface area contributed by atoms with Crippen LogP contribution in [0, 0.1) is 5.82 Å². The Morgan fingerprint density at radius 3 is 2.81 bits per heavy atom. The monoisotopic (exact) mass is 293 g/mol. The number of nitrogens with one attached hydrogen (secondary N) is 1. The van der Waals surface area contributed by atoms with E-state index in [1.54, 1.807) is 6.07 Å². The van der Waals surface area contributed by atoms with Crippen LogP contribution in [-0.4, -0.2) is 35.5 Å². The van der Waals surface area contributed by atoms with Gasteiger partial charge in [-0.15, -0.1) is 0 Å². The lowest BCUT2D eigenvalue weighted by Crippen LogP contribution is -2.64. The van der Waals surface area contributed by atoms with Crippen LogP contribution in [0.2, 0.25) is 0 Å². The fourth-order valence-electron chi connectivity index (χ4n) is 2.98. The van der Waals surface area contributed by atoms with Gasteiger partial charge >= 0.3 is 0 Å². The first-order chi connectivity index (χ1) is 9.87. The van der Waals surface area contributed by atoms with Crippen molar-refractivity contribution in [1.29, 1.82) is 0 Å². The third-order valence-electron chi connectivity index (χ3n) is 4.31. The maximum Gasteiger partial charge on any atom is 0.240 e. The Kier molecular flexibility index (Phi) is 4.64. The molecule has 116 valence electrons. The highest BCUT2D eigenvalue weighted by Gasteiger charge is 2.43. The number of halogens is 1. The first-order valence-electron chi connectivity index (χ1n) is 7.44. The summed E-state index contributed by atoms with van der Waals surface area (Å²) in [7, 11) is 0. The minimum atomic E-state index is -0.665. The van der Waals surface area contributed by atoms with Gasteiger partial charge in [-0.25, -0.2) is 4.39 Å². The molecule has 1 amide bonds. The zero-order chi connectivity index (χ0) is 15.6. The Balaban J connectivity index is 2.43. The highest BCUT2D eigenvalue weighted by Crippen LogP contribution is 2.33. The number of benzene rings is 1. The molecule has 1 aliphatic heterocycles. The van der Waals surface area contributed by atoms with Crippen molar-refractivity contribution in [2.24, 2.45) is 5.73 Å². The molecule has 1 fully saturated rings. The molecule has 0 aliphatic carbocycles. The van der Waals surface area contributed by atoms with Crippen LogP contribution in [-0.2, 0) is 4.79 Å². The molecule has 5 heteroatoms. The average Bonchev–Trinajstić information content (AvgIpc) is 2.44. The summed E-state index contributed by atoms with van der Waals surface area (Å²) in [5.41, 5.74) is 6.46. The van der Waals surface area contributed by atoms with Gasteiger partial charge in [-0.3, -0.25) is 9.69 Å². The van der Waals surface area contributed by atoms with Gasteiger partial charge in [0.2, 0.25) is 5.91 Å². The molecular weight excluding hydrogens is 269 g/mol. The van der Waals surface area contributed by atoms with E-state index in [4.69, 9.17) is 5.73 Å². The van der Waals surface area contributed by atoms with Crippen LogP contribution in [0.1, 0.15) is 38.8 Å². The Morgan fingerprint density at radius 2 is 2.19 bits per heavy atom. The van der Waals surface area contributed by atoms with Crippen molar-refractivity contribution in [3.8, 4) is 0 Å². The van der Waals surface area contributed by atoms with Gasteiger partial charge in [0.05, 0.1) is 11.6 Å². The molecule has 0 aromatic heterocycles. The Labute approximate surface area is 125 Å². The highest BCUT2D eigenvalue weighted by molar-refractivity contribution is 5.86. The van der Waals surface area contributed by atoms with Crippen molar-refractivity contribution < 1.29 is 9.18 Å². The van der Waals surface area contributed by atoms with Crippen molar-refractivity contribution >= 4 is 5.91 Å². The average molecular weight is 293 g/mol. The fraction of sp³-hybridized carbons (Fsp3) is 0.562. The molecule has 1 aromatic rings. The van der Waals surface area contributed by atoms with Crippen LogP contribution in [0.3, 0.4) is 0 Å². The second-order valence-corrected chi connectivity index (χ2v) is 6.08. The maximum atomic E-state index is 13.6. The van der Waals surface area contributed by atoms with Crippen molar-refractivity contribution in [1.82, 2.24) is 10.2 Å². The molecule has 2 unspecified atom stereocenters. The number of nitrogens with two attached hydrogens (primary N) is 1. The molecule has 1 aliphatic rings. The highest BCUT2D eigenvalue weighted by atomic mass is 19.1. The van der Waals surface area contributed by atoms with Gasteiger partial charge in [-0.2, -0.15) is 0 Å². The van der Waals surface area contributed by atoms with Gasteiger partial charge in [0.25, 0.3) is 0 Å². The van der Waals surface area contributed by atoms with Crippen LogP contribution in [0.25, 0.3) is 0 Å². The van der Waals surface area contributed by atoms with E-state index in [-0.39, 0.29) is 23.8 Å². The Morgan fingerprint density at radius 1 is 1.48 bits per heavy atom. The molecule has 0 saturated carbocycles. The number of rotatable bonds is 4. The molecule has 4 nitrogen and oxygen atoms in total. The van der Waals surface area contributed by atoms with E-state index in [0.717, 1.165) is 12.0 Å². The first-order valence-corrected chi connectivity index (χ1v) is 7.44. The minimum Gasteiger partial charge on any atom is -0.353 e. The van der Waals surface area contributed by atoms with Crippen LogP contribution in [0.4, 0.5) is 4.39 Å². The second kappa shape index (κ2) is 6.12. The van der Waals surface area contributed by atoms with Crippen molar-refractivity contribution in [2.75, 3.05) is 13.1 Å². The molecular formula is C16H24FN3O. The van der Waals surface area contributed by atoms with Gasteiger partial charge in [-0.05, 0) is 38.0 Å². The Hall–Kier alpha value is -1.46. The predicted octanol–water partition coefficient (Wildman–Crippen LogP) is 1.81. The van der Waals surface area contributed by atoms with E-state index in [9.17, 15) is 9.18 Å². The molecule has 3 N–H and O–H groups in total. The van der Waals surface area contributed by atoms with E-state index < -0.39 is 5.54 Å². The summed E-state index contributed by atoms with van der Waals surface area (Å²) in [5, 5.41) is 2.88. The third kappa shape index (κ3) is 3.09. The van der Waals surface area contributed by atoms with Gasteiger partial charge in [0, 0.05) is 19.1 Å². The number of piperazine rings is 1. The minimum absolute atomic E-state index is 0.0153. The smallest absolute Gasteiger partial charge is 0.240 e. The number of nitrogens with zero attached hydrogens (tertiary/aromatic N) is 1. The van der Waals surface area contributed by atoms with E-state index >= 15 is 0 Å². The zero-order valence-electron chi connectivity index (χ0n) is 12.9. The van der Waals surface area contributed by atoms with E-state index in [0.29, 0.717) is 13.1 Å². The van der Waals surface area contributed by atoms with Gasteiger partial charge in [-0.1, -0.05) is 19.1 Å². The van der Waals surface area contributed by atoms with E-state index in [2.05, 4.69) is 10.2 Å². The summed E-state index contributed by atoms with van der Waals surface area (Å²) >= 11 is 0. The lowest BCUT2D eigenvalue weighted by Gasteiger charge is -2.47. The zero-order valence-corrected chi connectivity index (χ0v) is 12.9. The summed E-state index contributed by atoms with van der Waals surface area (Å²) in [6.07, 6.45) is 0.759. The Bertz CT molecular complexity index is 518. The van der Waals surface area contributed by atoms with E-state index in [1.807, 2.05) is 26.8 Å². The fourth-order valence-corrected chi connectivity index (χ4v) is 2.98. The number of amides is 1. The van der Waals surface area contributed by atoms with Crippen molar-refractivity contribution in [3.05, 3.63) is 35.6 Å². The van der Waals surface area contributed by atoms with Crippen LogP contribution in [0.5, 0.6) is 0 Å². The summed E-state index contributed by atoms with van der Waals surface area (Å²) in [5.74, 6) is -0.293. The lowest BCUT2D eigenvalue weighted by molar-refractivity contribution is -0.137. The second-order valence-electron chi connectivity index (χ2n) is 6.08. The molecule has 1 aromatic carbocycles. The van der Waals surface area contributed by atoms with Crippen molar-refractivity contribution in [2.45, 2.75) is 44.8 Å². The summed E-state index contributed by atoms with van der Waals surface area (Å²) in [6.45, 7) is 7.07. The standard InChI is InChI=1S/C16H24FN3O/c1-4-13(18)14(11-6-5-7-12(17)10-11)20-9-8-19-15(21)16(20,2)3/h5-7,10,13-14H,4,8-9,18H2,1-3H3,(H,19,21). The maximum absolute atomic E-state index is 13.6. The quantitative estimate of drug-likeness (QED) is 0.890. The SMILES string of the molecule is CCC(N)C(c1cccc(F)c1)N1CCNC(=O)C1(C)C. The summed E-state index contributed by atoms with van der Waals surface area (Å²) in [4.78, 5) is 14.3. The number of hydrogen-bond donors (Lipinski definition) is 2. The van der Waals surface area contributed by atoms with E-state index in [1.165, 1.54) is 12.1 Å². The van der Waals surface area contributed by atoms with Crippen LogP contribution >= 0.6 is 0 Å². The first kappa shape index (κ1) is 15.9. The third-order valence-corrected chi connectivity index (χ3v) is 4.31. The summed E-state index contributed by atoms with van der Waals surface area (Å²) in [6, 6.07) is 6.18. The largest absolute Gasteiger partial charge is 0.353 e. The van der Waals surface area contributed by atoms with Crippen molar-refractivity contribution in [3.63, 3.8) is 0 Å². The predicted molar refractivity (Wildman–Crippen MR) is 81.2 cm³/mol. The lowest BCUT2D eigenvalue weighted by atomic mass is 9.89. The number of carbonyl (C=O) groups excluding carboxylic acids is 1. The van der Waals surface area contributed by atoms with Gasteiger partial charge < -0.3 is 11.1 Å². The molecule has 2 rings (SSSR count). The molecule has 0 spiro atoms. The molecule has 0 bridgehead atoms. The molecule has 0 radical (unpaired) electrons. The molecule has 21 heavy (non-hydrogen) atoms. The number of carbonyl (C=O) groups is 1. The molecule has 1 saturated heterocycles. The van der Waals surface area contributed by atoms with Crippen LogP contribution in [0.15, 0.2) is 24.3 Å². The topological polar surface area (TPSA) is 58.4 Å². The van der Waals surface area contributed by atoms with Crippen LogP contribution < -0.4 is 11.1 Å².